The quantitative estimate of drug-likeness (QED) is 0.815. The maximum atomic E-state index is 13.0. The number of amides is 1. The Morgan fingerprint density at radius 1 is 1.50 bits per heavy atom. The van der Waals surface area contributed by atoms with Crippen molar-refractivity contribution in [3.8, 4) is 0 Å². The van der Waals surface area contributed by atoms with Crippen LogP contribution in [0.2, 0.25) is 0 Å². The van der Waals surface area contributed by atoms with Crippen LogP contribution in [-0.2, 0) is 19.6 Å². The molecule has 1 aromatic carbocycles. The zero-order valence-corrected chi connectivity index (χ0v) is 10.5. The Bertz CT molecular complexity index is 545. The van der Waals surface area contributed by atoms with Crippen molar-refractivity contribution >= 4 is 21.6 Å². The molecular formula is C10H13FN2O4S. The van der Waals surface area contributed by atoms with Crippen LogP contribution in [-0.4, -0.2) is 27.5 Å². The standard InChI is InChI=1S/C10H13FN2O4S/c1-2-17-6-10(14)13-8-5-7(11)3-4-9(8)18(12,15)16/h3-5H,2,6H2,1H3,(H,13,14)(H2,12,15,16). The molecule has 1 amide bonds. The van der Waals surface area contributed by atoms with E-state index in [1.54, 1.807) is 6.92 Å². The summed E-state index contributed by atoms with van der Waals surface area (Å²) in [6.07, 6.45) is 0. The number of carbonyl (C=O) groups is 1. The maximum absolute atomic E-state index is 13.0. The largest absolute Gasteiger partial charge is 0.372 e. The zero-order chi connectivity index (χ0) is 13.8. The Hall–Kier alpha value is -1.51. The van der Waals surface area contributed by atoms with E-state index in [1.807, 2.05) is 0 Å². The number of nitrogens with two attached hydrogens (primary N) is 1. The van der Waals surface area contributed by atoms with Crippen LogP contribution in [0.1, 0.15) is 6.92 Å². The van der Waals surface area contributed by atoms with Gasteiger partial charge < -0.3 is 10.1 Å². The summed E-state index contributed by atoms with van der Waals surface area (Å²) >= 11 is 0. The Kier molecular flexibility index (Phi) is 4.76. The van der Waals surface area contributed by atoms with Crippen LogP contribution >= 0.6 is 0 Å². The molecule has 6 nitrogen and oxygen atoms in total. The number of sulfonamides is 1. The molecule has 0 radical (unpaired) electrons. The van der Waals surface area contributed by atoms with Gasteiger partial charge in [-0.25, -0.2) is 17.9 Å². The van der Waals surface area contributed by atoms with Crippen LogP contribution in [0.3, 0.4) is 0 Å². The lowest BCUT2D eigenvalue weighted by atomic mass is 10.3. The molecule has 18 heavy (non-hydrogen) atoms. The van der Waals surface area contributed by atoms with Gasteiger partial charge in [0.1, 0.15) is 17.3 Å². The van der Waals surface area contributed by atoms with Gasteiger partial charge in [-0.05, 0) is 25.1 Å². The van der Waals surface area contributed by atoms with Gasteiger partial charge in [0.15, 0.2) is 0 Å². The van der Waals surface area contributed by atoms with Crippen molar-refractivity contribution < 1.29 is 22.3 Å². The third kappa shape index (κ3) is 4.06. The summed E-state index contributed by atoms with van der Waals surface area (Å²) in [6, 6.07) is 2.81. The van der Waals surface area contributed by atoms with Crippen LogP contribution in [0.15, 0.2) is 23.1 Å². The highest BCUT2D eigenvalue weighted by atomic mass is 32.2. The van der Waals surface area contributed by atoms with Crippen molar-refractivity contribution in [3.63, 3.8) is 0 Å². The van der Waals surface area contributed by atoms with Gasteiger partial charge in [-0.2, -0.15) is 0 Å². The second kappa shape index (κ2) is 5.89. The highest BCUT2D eigenvalue weighted by molar-refractivity contribution is 7.89. The van der Waals surface area contributed by atoms with Crippen molar-refractivity contribution in [2.45, 2.75) is 11.8 Å². The van der Waals surface area contributed by atoms with E-state index in [0.717, 1.165) is 18.2 Å². The second-order valence-electron chi connectivity index (χ2n) is 3.37. The van der Waals surface area contributed by atoms with Gasteiger partial charge in [-0.1, -0.05) is 0 Å². The number of hydrogen-bond acceptors (Lipinski definition) is 4. The first kappa shape index (κ1) is 14.6. The molecule has 0 fully saturated rings. The fourth-order valence-electron chi connectivity index (χ4n) is 1.23. The molecule has 0 aliphatic rings. The normalized spacial score (nSPS) is 11.3. The molecule has 0 saturated heterocycles. The van der Waals surface area contributed by atoms with E-state index >= 15 is 0 Å². The minimum Gasteiger partial charge on any atom is -0.372 e. The smallest absolute Gasteiger partial charge is 0.250 e. The number of carbonyl (C=O) groups excluding carboxylic acids is 1. The summed E-state index contributed by atoms with van der Waals surface area (Å²) in [5, 5.41) is 7.18. The second-order valence-corrected chi connectivity index (χ2v) is 4.90. The fraction of sp³-hybridized carbons (Fsp3) is 0.300. The zero-order valence-electron chi connectivity index (χ0n) is 9.64. The van der Waals surface area contributed by atoms with E-state index in [0.29, 0.717) is 6.61 Å². The van der Waals surface area contributed by atoms with Crippen molar-refractivity contribution in [3.05, 3.63) is 24.0 Å². The van der Waals surface area contributed by atoms with Crippen LogP contribution in [0, 0.1) is 5.82 Å². The Labute approximate surface area is 104 Å². The molecule has 0 spiro atoms. The van der Waals surface area contributed by atoms with Crippen LogP contribution < -0.4 is 10.5 Å². The first-order chi connectivity index (χ1) is 8.34. The molecule has 0 unspecified atom stereocenters. The Morgan fingerprint density at radius 3 is 2.72 bits per heavy atom. The molecule has 0 aromatic heterocycles. The molecule has 0 aliphatic carbocycles. The van der Waals surface area contributed by atoms with Gasteiger partial charge in [-0.3, -0.25) is 4.79 Å². The monoisotopic (exact) mass is 276 g/mol. The number of rotatable bonds is 5. The van der Waals surface area contributed by atoms with E-state index in [9.17, 15) is 17.6 Å². The SMILES string of the molecule is CCOCC(=O)Nc1cc(F)ccc1S(N)(=O)=O. The maximum Gasteiger partial charge on any atom is 0.250 e. The highest BCUT2D eigenvalue weighted by Crippen LogP contribution is 2.21. The molecular weight excluding hydrogens is 263 g/mol. The molecule has 100 valence electrons. The minimum atomic E-state index is -4.04. The Balaban J connectivity index is 3.00. The molecule has 0 bridgehead atoms. The third-order valence-corrected chi connectivity index (χ3v) is 2.93. The number of primary sulfonamides is 1. The molecule has 0 aliphatic heterocycles. The molecule has 0 saturated carbocycles. The number of nitrogens with one attached hydrogen (secondary N) is 1. The average Bonchev–Trinajstić information content (AvgIpc) is 2.24. The summed E-state index contributed by atoms with van der Waals surface area (Å²) < 4.78 is 40.3. The first-order valence-corrected chi connectivity index (χ1v) is 6.59. The van der Waals surface area contributed by atoms with E-state index in [4.69, 9.17) is 9.88 Å². The van der Waals surface area contributed by atoms with Crippen molar-refractivity contribution in [1.29, 1.82) is 0 Å². The van der Waals surface area contributed by atoms with Gasteiger partial charge >= 0.3 is 0 Å². The van der Waals surface area contributed by atoms with Crippen molar-refractivity contribution in [2.24, 2.45) is 5.14 Å². The fourth-order valence-corrected chi connectivity index (χ4v) is 1.90. The summed E-state index contributed by atoms with van der Waals surface area (Å²) in [4.78, 5) is 11.0. The number of halogens is 1. The first-order valence-electron chi connectivity index (χ1n) is 5.04. The molecule has 0 heterocycles. The summed E-state index contributed by atoms with van der Waals surface area (Å²) in [6.45, 7) is 1.78. The molecule has 1 rings (SSSR count). The molecule has 1 aromatic rings. The van der Waals surface area contributed by atoms with Gasteiger partial charge in [0, 0.05) is 6.61 Å². The number of hydrogen-bond donors (Lipinski definition) is 2. The Morgan fingerprint density at radius 2 is 2.17 bits per heavy atom. The number of anilines is 1. The molecule has 3 N–H and O–H groups in total. The van der Waals surface area contributed by atoms with E-state index in [2.05, 4.69) is 5.32 Å². The molecule has 0 atom stereocenters. The minimum absolute atomic E-state index is 0.206. The van der Waals surface area contributed by atoms with E-state index in [-0.39, 0.29) is 17.2 Å². The summed E-state index contributed by atoms with van der Waals surface area (Å²) in [5.74, 6) is -1.28. The lowest BCUT2D eigenvalue weighted by molar-refractivity contribution is -0.120. The van der Waals surface area contributed by atoms with Crippen LogP contribution in [0.4, 0.5) is 10.1 Å². The molecule has 8 heteroatoms. The van der Waals surface area contributed by atoms with E-state index in [1.165, 1.54) is 0 Å². The highest BCUT2D eigenvalue weighted by Gasteiger charge is 2.16. The summed E-state index contributed by atoms with van der Waals surface area (Å²) in [5.41, 5.74) is -0.206. The van der Waals surface area contributed by atoms with Gasteiger partial charge in [0.05, 0.1) is 5.69 Å². The average molecular weight is 276 g/mol. The third-order valence-electron chi connectivity index (χ3n) is 1.96. The summed E-state index contributed by atoms with van der Waals surface area (Å²) in [7, 11) is -4.04. The van der Waals surface area contributed by atoms with Gasteiger partial charge in [-0.15, -0.1) is 0 Å². The van der Waals surface area contributed by atoms with Gasteiger partial charge in [0.2, 0.25) is 15.9 Å². The lowest BCUT2D eigenvalue weighted by Crippen LogP contribution is -2.21. The number of benzene rings is 1. The predicted molar refractivity (Wildman–Crippen MR) is 62.9 cm³/mol. The number of ether oxygens (including phenoxy) is 1. The van der Waals surface area contributed by atoms with Gasteiger partial charge in [0.25, 0.3) is 0 Å². The van der Waals surface area contributed by atoms with Crippen molar-refractivity contribution in [2.75, 3.05) is 18.5 Å². The van der Waals surface area contributed by atoms with E-state index < -0.39 is 21.7 Å². The van der Waals surface area contributed by atoms with Crippen LogP contribution in [0.25, 0.3) is 0 Å². The lowest BCUT2D eigenvalue weighted by Gasteiger charge is -2.09. The predicted octanol–water partition coefficient (Wildman–Crippen LogP) is 0.448. The van der Waals surface area contributed by atoms with Crippen LogP contribution in [0.5, 0.6) is 0 Å². The topological polar surface area (TPSA) is 98.5 Å². The van der Waals surface area contributed by atoms with Crippen molar-refractivity contribution in [1.82, 2.24) is 0 Å².